The third-order valence-corrected chi connectivity index (χ3v) is 7.01. The summed E-state index contributed by atoms with van der Waals surface area (Å²) < 4.78 is 22.5. The van der Waals surface area contributed by atoms with Gasteiger partial charge >= 0.3 is 5.69 Å². The minimum atomic E-state index is -0.599. The average molecular weight is 427 g/mol. The number of ether oxygens (including phenoxy) is 1. The van der Waals surface area contributed by atoms with Gasteiger partial charge in [0.05, 0.1) is 18.6 Å². The Kier molecular flexibility index (Phi) is 4.77. The Morgan fingerprint density at radius 2 is 2.13 bits per heavy atom. The van der Waals surface area contributed by atoms with Crippen molar-refractivity contribution in [2.75, 3.05) is 31.6 Å². The number of nitrogens with one attached hydrogen (secondary N) is 2. The lowest BCUT2D eigenvalue weighted by molar-refractivity contribution is 0.359. The van der Waals surface area contributed by atoms with Crippen LogP contribution in [0, 0.1) is 23.1 Å². The molecule has 2 aliphatic carbocycles. The summed E-state index contributed by atoms with van der Waals surface area (Å²) in [5, 5.41) is 12.5. The molecule has 9 heteroatoms. The lowest BCUT2D eigenvalue weighted by Gasteiger charge is -2.27. The molecule has 1 aromatic heterocycles. The number of hydrogen-bond acceptors (Lipinski definition) is 6. The first-order valence-corrected chi connectivity index (χ1v) is 10.9. The van der Waals surface area contributed by atoms with Gasteiger partial charge in [0.1, 0.15) is 11.2 Å². The van der Waals surface area contributed by atoms with Crippen molar-refractivity contribution >= 4 is 16.6 Å². The van der Waals surface area contributed by atoms with Gasteiger partial charge in [-0.2, -0.15) is 5.26 Å². The Labute approximate surface area is 178 Å². The van der Waals surface area contributed by atoms with Crippen LogP contribution in [0.25, 0.3) is 10.9 Å². The molecule has 2 N–H and O–H groups in total. The molecule has 0 spiro atoms. The molecule has 8 nitrogen and oxygen atoms in total. The van der Waals surface area contributed by atoms with E-state index in [0.29, 0.717) is 43.2 Å². The van der Waals surface area contributed by atoms with Crippen molar-refractivity contribution in [3.8, 4) is 11.8 Å². The van der Waals surface area contributed by atoms with E-state index >= 15 is 4.39 Å². The summed E-state index contributed by atoms with van der Waals surface area (Å²) in [6.07, 6.45) is 5.19. The fourth-order valence-corrected chi connectivity index (χ4v) is 5.16. The van der Waals surface area contributed by atoms with Gasteiger partial charge in [0, 0.05) is 37.6 Å². The van der Waals surface area contributed by atoms with Crippen molar-refractivity contribution in [3.63, 3.8) is 0 Å². The molecular formula is C22H26FN5O3. The van der Waals surface area contributed by atoms with Gasteiger partial charge in [-0.25, -0.2) is 9.18 Å². The maximum Gasteiger partial charge on any atom is 0.329 e. The number of methoxy groups -OCH3 is 1. The molecule has 1 aliphatic heterocycles. The average Bonchev–Trinajstić information content (AvgIpc) is 3.67. The maximum absolute atomic E-state index is 15.3. The van der Waals surface area contributed by atoms with Crippen molar-refractivity contribution in [2.24, 2.45) is 5.92 Å². The molecule has 1 unspecified atom stereocenters. The number of halogens is 1. The van der Waals surface area contributed by atoms with Crippen LogP contribution < -0.4 is 26.2 Å². The smallest absolute Gasteiger partial charge is 0.329 e. The third kappa shape index (κ3) is 3.30. The number of fused-ring (bicyclic) bond motifs is 1. The number of anilines is 1. The highest BCUT2D eigenvalue weighted by atomic mass is 19.1. The highest BCUT2D eigenvalue weighted by Crippen LogP contribution is 2.49. The van der Waals surface area contributed by atoms with Gasteiger partial charge in [-0.05, 0) is 44.1 Å². The van der Waals surface area contributed by atoms with E-state index in [1.165, 1.54) is 13.2 Å². The number of benzene rings is 1. The van der Waals surface area contributed by atoms with E-state index in [0.717, 1.165) is 32.1 Å². The van der Waals surface area contributed by atoms with Crippen LogP contribution in [0.3, 0.4) is 0 Å². The molecule has 1 saturated heterocycles. The van der Waals surface area contributed by atoms with Gasteiger partial charge < -0.3 is 15.0 Å². The van der Waals surface area contributed by atoms with Crippen LogP contribution in [-0.2, 0) is 0 Å². The van der Waals surface area contributed by atoms with E-state index in [1.54, 1.807) is 4.57 Å². The molecule has 0 bridgehead atoms. The molecule has 3 fully saturated rings. The Morgan fingerprint density at radius 3 is 2.77 bits per heavy atom. The largest absolute Gasteiger partial charge is 0.492 e. The Hall–Kier alpha value is -2.86. The third-order valence-electron chi connectivity index (χ3n) is 7.01. The topological polar surface area (TPSA) is 103 Å². The number of aromatic nitrogens is 2. The SMILES string of the molecule is COc1c(N2CCC(C3(NCCC#N)CC3)C2)c(F)cc2c(=O)[nH]c(=O)n(C3CC3)c12. The zero-order chi connectivity index (χ0) is 21.8. The van der Waals surface area contributed by atoms with Gasteiger partial charge in [0.15, 0.2) is 11.6 Å². The zero-order valence-electron chi connectivity index (χ0n) is 17.5. The van der Waals surface area contributed by atoms with Crippen molar-refractivity contribution in [1.82, 2.24) is 14.9 Å². The molecule has 2 aromatic rings. The van der Waals surface area contributed by atoms with E-state index < -0.39 is 17.1 Å². The van der Waals surface area contributed by atoms with Crippen molar-refractivity contribution in [1.29, 1.82) is 5.26 Å². The molecular weight excluding hydrogens is 401 g/mol. The highest BCUT2D eigenvalue weighted by molar-refractivity contribution is 5.91. The number of aromatic amines is 1. The molecule has 31 heavy (non-hydrogen) atoms. The summed E-state index contributed by atoms with van der Waals surface area (Å²) in [5.41, 5.74) is -0.344. The first-order valence-electron chi connectivity index (χ1n) is 10.9. The molecule has 1 aromatic carbocycles. The second-order valence-corrected chi connectivity index (χ2v) is 8.92. The number of H-pyrrole nitrogens is 1. The van der Waals surface area contributed by atoms with Crippen LogP contribution in [0.15, 0.2) is 15.7 Å². The van der Waals surface area contributed by atoms with Crippen molar-refractivity contribution < 1.29 is 9.13 Å². The predicted molar refractivity (Wildman–Crippen MR) is 114 cm³/mol. The normalized spacial score (nSPS) is 22.0. The monoisotopic (exact) mass is 427 g/mol. The van der Waals surface area contributed by atoms with Crippen LogP contribution in [-0.4, -0.2) is 41.8 Å². The van der Waals surface area contributed by atoms with Crippen LogP contribution in [0.1, 0.15) is 44.6 Å². The number of hydrogen-bond donors (Lipinski definition) is 2. The summed E-state index contributed by atoms with van der Waals surface area (Å²) in [4.78, 5) is 29.3. The van der Waals surface area contributed by atoms with Gasteiger partial charge in [-0.3, -0.25) is 14.3 Å². The Bertz CT molecular complexity index is 1190. The summed E-state index contributed by atoms with van der Waals surface area (Å²) >= 11 is 0. The number of nitrogens with zero attached hydrogens (tertiary/aromatic N) is 3. The van der Waals surface area contributed by atoms with E-state index in [1.807, 2.05) is 4.90 Å². The van der Waals surface area contributed by atoms with Gasteiger partial charge in [0.2, 0.25) is 0 Å². The molecule has 164 valence electrons. The van der Waals surface area contributed by atoms with Gasteiger partial charge in [0.25, 0.3) is 5.56 Å². The summed E-state index contributed by atoms with van der Waals surface area (Å²) in [6.45, 7) is 1.99. The Morgan fingerprint density at radius 1 is 1.35 bits per heavy atom. The van der Waals surface area contributed by atoms with E-state index in [4.69, 9.17) is 10.00 Å². The van der Waals surface area contributed by atoms with Crippen LogP contribution >= 0.6 is 0 Å². The highest BCUT2D eigenvalue weighted by Gasteiger charge is 2.51. The molecule has 5 rings (SSSR count). The molecule has 0 amide bonds. The molecule has 2 heterocycles. The fourth-order valence-electron chi connectivity index (χ4n) is 5.16. The van der Waals surface area contributed by atoms with Crippen molar-refractivity contribution in [3.05, 3.63) is 32.7 Å². The van der Waals surface area contributed by atoms with Gasteiger partial charge in [-0.15, -0.1) is 0 Å². The van der Waals surface area contributed by atoms with Crippen LogP contribution in [0.2, 0.25) is 0 Å². The van der Waals surface area contributed by atoms with Crippen LogP contribution in [0.5, 0.6) is 5.75 Å². The minimum absolute atomic E-state index is 0.00413. The van der Waals surface area contributed by atoms with Crippen molar-refractivity contribution in [2.45, 2.75) is 50.1 Å². The minimum Gasteiger partial charge on any atom is -0.492 e. The fraction of sp³-hybridized carbons (Fsp3) is 0.591. The maximum atomic E-state index is 15.3. The standard InChI is InChI=1S/C22H26FN5O3/c1-31-19-17-15(20(29)26-21(30)28(17)14-3-4-14)11-16(23)18(19)27-10-5-13(12-27)22(6-7-22)25-9-2-8-24/h11,13-14,25H,2-7,9-10,12H2,1H3,(H,26,29,30). The first-order chi connectivity index (χ1) is 15.0. The van der Waals surface area contributed by atoms with Gasteiger partial charge in [-0.1, -0.05) is 0 Å². The second kappa shape index (κ2) is 7.38. The summed E-state index contributed by atoms with van der Waals surface area (Å²) in [6, 6.07) is 3.40. The second-order valence-electron chi connectivity index (χ2n) is 8.92. The van der Waals surface area contributed by atoms with E-state index in [-0.39, 0.29) is 22.7 Å². The summed E-state index contributed by atoms with van der Waals surface area (Å²) in [5.74, 6) is 0.0858. The zero-order valence-corrected chi connectivity index (χ0v) is 17.5. The van der Waals surface area contributed by atoms with E-state index in [9.17, 15) is 9.59 Å². The molecule has 2 saturated carbocycles. The van der Waals surface area contributed by atoms with E-state index in [2.05, 4.69) is 16.4 Å². The lowest BCUT2D eigenvalue weighted by atomic mass is 9.96. The molecule has 3 aliphatic rings. The molecule has 0 radical (unpaired) electrons. The van der Waals surface area contributed by atoms with Crippen LogP contribution in [0.4, 0.5) is 10.1 Å². The molecule has 1 atom stereocenters. The predicted octanol–water partition coefficient (Wildman–Crippen LogP) is 2.03. The quantitative estimate of drug-likeness (QED) is 0.656. The number of nitriles is 1. The Balaban J connectivity index is 1.55. The summed E-state index contributed by atoms with van der Waals surface area (Å²) in [7, 11) is 1.46. The first kappa shape index (κ1) is 20.1. The number of rotatable bonds is 7. The lowest BCUT2D eigenvalue weighted by Crippen LogP contribution is -2.40.